The molecule has 0 atom stereocenters. The number of benzene rings is 1. The molecule has 0 aliphatic carbocycles. The molecule has 7 nitrogen and oxygen atoms in total. The molecule has 3 rings (SSSR count). The van der Waals surface area contributed by atoms with Gasteiger partial charge in [0.05, 0.1) is 17.0 Å². The maximum atomic E-state index is 9.67. The van der Waals surface area contributed by atoms with Crippen molar-refractivity contribution in [1.29, 1.82) is 0 Å². The minimum Gasteiger partial charge on any atom is -0.508 e. The maximum Gasteiger partial charge on any atom is 0.187 e. The maximum absolute atomic E-state index is 9.67. The van der Waals surface area contributed by atoms with Crippen molar-refractivity contribution in [2.45, 2.75) is 20.8 Å². The van der Waals surface area contributed by atoms with Gasteiger partial charge in [0.25, 0.3) is 0 Å². The topological polar surface area (TPSA) is 110 Å². The highest BCUT2D eigenvalue weighted by Gasteiger charge is 2.28. The third kappa shape index (κ3) is 2.91. The molecule has 0 aliphatic heterocycles. The van der Waals surface area contributed by atoms with Gasteiger partial charge in [0.2, 0.25) is 0 Å². The van der Waals surface area contributed by atoms with Crippen molar-refractivity contribution < 1.29 is 14.8 Å². The highest BCUT2D eigenvalue weighted by atomic mass is 16.5. The van der Waals surface area contributed by atoms with E-state index in [-0.39, 0.29) is 11.6 Å². The Hall–Kier alpha value is -3.66. The van der Waals surface area contributed by atoms with Crippen LogP contribution in [-0.2, 0) is 7.05 Å². The molecule has 0 spiro atoms. The molecule has 0 aliphatic rings. The number of nitrogens with two attached hydrogens (primary N) is 1. The normalized spacial score (nSPS) is 11.3. The molecule has 138 valence electrons. The summed E-state index contributed by atoms with van der Waals surface area (Å²) in [7, 11) is 1.80. The lowest BCUT2D eigenvalue weighted by Gasteiger charge is -2.08. The van der Waals surface area contributed by atoms with Crippen LogP contribution in [0.2, 0.25) is 0 Å². The fourth-order valence-electron chi connectivity index (χ4n) is 3.29. The van der Waals surface area contributed by atoms with Crippen molar-refractivity contribution in [3.8, 4) is 39.8 Å². The smallest absolute Gasteiger partial charge is 0.187 e. The number of phenols is 1. The van der Waals surface area contributed by atoms with Gasteiger partial charge in [-0.15, -0.1) is 0 Å². The minimum absolute atomic E-state index is 0.0447. The quantitative estimate of drug-likeness (QED) is 0.217. The zero-order chi connectivity index (χ0) is 19.7. The van der Waals surface area contributed by atoms with Crippen molar-refractivity contribution in [2.24, 2.45) is 17.9 Å². The Labute approximate surface area is 156 Å². The molecular weight excluding hydrogens is 344 g/mol. The Balaban J connectivity index is 2.53. The van der Waals surface area contributed by atoms with Crippen molar-refractivity contribution in [3.63, 3.8) is 0 Å². The van der Waals surface area contributed by atoms with Gasteiger partial charge in [-0.25, -0.2) is 0 Å². The Bertz CT molecular complexity index is 1070. The van der Waals surface area contributed by atoms with Crippen molar-refractivity contribution in [2.75, 3.05) is 0 Å². The van der Waals surface area contributed by atoms with Gasteiger partial charge in [-0.05, 0) is 44.4 Å². The summed E-state index contributed by atoms with van der Waals surface area (Å²) in [4.78, 5) is 0. The standard InChI is InChI=1S/C20H20N4O3/c1-5-6-15-17(13-7-9-14(25)10-8-13)18(16-11(2)23-27-12(16)3)19(24(15)4)20(21)22-26/h7-10,25-26H,1-4H3,(H2,21,22). The summed E-state index contributed by atoms with van der Waals surface area (Å²) >= 11 is 0. The van der Waals surface area contributed by atoms with E-state index >= 15 is 0 Å². The van der Waals surface area contributed by atoms with Crippen LogP contribution in [0, 0.1) is 25.7 Å². The zero-order valence-electron chi connectivity index (χ0n) is 15.5. The van der Waals surface area contributed by atoms with Gasteiger partial charge < -0.3 is 25.1 Å². The molecule has 0 saturated carbocycles. The number of rotatable bonds is 3. The number of phenolic OH excluding ortho intramolecular Hbond substituents is 1. The number of hydrogen-bond donors (Lipinski definition) is 3. The number of amidine groups is 1. The largest absolute Gasteiger partial charge is 0.508 e. The van der Waals surface area contributed by atoms with Crippen LogP contribution in [0.5, 0.6) is 5.75 Å². The van der Waals surface area contributed by atoms with Crippen LogP contribution in [-0.4, -0.2) is 25.9 Å². The van der Waals surface area contributed by atoms with Gasteiger partial charge in [0, 0.05) is 18.2 Å². The number of aromatic nitrogens is 2. The third-order valence-corrected chi connectivity index (χ3v) is 4.43. The summed E-state index contributed by atoms with van der Waals surface area (Å²) in [6.45, 7) is 5.39. The summed E-state index contributed by atoms with van der Waals surface area (Å²) in [5.41, 5.74) is 11.0. The summed E-state index contributed by atoms with van der Waals surface area (Å²) in [6.07, 6.45) is 0. The fraction of sp³-hybridized carbons (Fsp3) is 0.200. The van der Waals surface area contributed by atoms with E-state index in [1.165, 1.54) is 0 Å². The molecule has 0 radical (unpaired) electrons. The zero-order valence-corrected chi connectivity index (χ0v) is 15.5. The SMILES string of the molecule is CC#Cc1c(-c2ccc(O)cc2)c(-c2c(C)noc2C)c(/C(N)=N/O)n1C. The first kappa shape index (κ1) is 18.1. The lowest BCUT2D eigenvalue weighted by molar-refractivity contribution is 0.318. The Morgan fingerprint density at radius 2 is 1.85 bits per heavy atom. The number of aromatic hydroxyl groups is 1. The average molecular weight is 364 g/mol. The molecular formula is C20H20N4O3. The highest BCUT2D eigenvalue weighted by molar-refractivity contribution is 6.07. The first-order valence-electron chi connectivity index (χ1n) is 8.26. The van der Waals surface area contributed by atoms with Gasteiger partial charge in [0.1, 0.15) is 17.2 Å². The average Bonchev–Trinajstić information content (AvgIpc) is 3.12. The molecule has 1 aromatic carbocycles. The van der Waals surface area contributed by atoms with Crippen molar-refractivity contribution in [3.05, 3.63) is 47.1 Å². The van der Waals surface area contributed by atoms with E-state index < -0.39 is 0 Å². The molecule has 7 heteroatoms. The summed E-state index contributed by atoms with van der Waals surface area (Å²) < 4.78 is 7.15. The second-order valence-corrected chi connectivity index (χ2v) is 6.11. The first-order valence-corrected chi connectivity index (χ1v) is 8.26. The Morgan fingerprint density at radius 3 is 2.37 bits per heavy atom. The molecule has 4 N–H and O–H groups in total. The van der Waals surface area contributed by atoms with Crippen LogP contribution >= 0.6 is 0 Å². The molecule has 27 heavy (non-hydrogen) atoms. The monoisotopic (exact) mass is 364 g/mol. The van der Waals surface area contributed by atoms with Crippen LogP contribution in [0.3, 0.4) is 0 Å². The highest BCUT2D eigenvalue weighted by Crippen LogP contribution is 2.42. The van der Waals surface area contributed by atoms with E-state index in [0.29, 0.717) is 28.4 Å². The van der Waals surface area contributed by atoms with Gasteiger partial charge in [-0.2, -0.15) is 0 Å². The molecule has 2 heterocycles. The second-order valence-electron chi connectivity index (χ2n) is 6.11. The summed E-state index contributed by atoms with van der Waals surface area (Å²) in [5.74, 6) is 6.75. The van der Waals surface area contributed by atoms with Gasteiger partial charge in [-0.1, -0.05) is 28.4 Å². The molecule has 0 bridgehead atoms. The summed E-state index contributed by atoms with van der Waals surface area (Å²) in [6, 6.07) is 6.80. The van der Waals surface area contributed by atoms with Crippen LogP contribution < -0.4 is 5.73 Å². The minimum atomic E-state index is -0.0447. The predicted molar refractivity (Wildman–Crippen MR) is 103 cm³/mol. The van der Waals surface area contributed by atoms with Crippen LogP contribution in [0.4, 0.5) is 0 Å². The van der Waals surface area contributed by atoms with E-state index in [4.69, 9.17) is 10.3 Å². The van der Waals surface area contributed by atoms with Crippen LogP contribution in [0.25, 0.3) is 22.3 Å². The molecule has 0 saturated heterocycles. The van der Waals surface area contributed by atoms with Gasteiger partial charge in [0.15, 0.2) is 5.84 Å². The lowest BCUT2D eigenvalue weighted by atomic mass is 9.93. The molecule has 2 aromatic heterocycles. The van der Waals surface area contributed by atoms with Crippen LogP contribution in [0.1, 0.15) is 29.8 Å². The van der Waals surface area contributed by atoms with Crippen LogP contribution in [0.15, 0.2) is 33.9 Å². The molecule has 0 amide bonds. The van der Waals surface area contributed by atoms with E-state index in [1.54, 1.807) is 42.8 Å². The Morgan fingerprint density at radius 1 is 1.19 bits per heavy atom. The molecule has 3 aromatic rings. The predicted octanol–water partition coefficient (Wildman–Crippen LogP) is 3.14. The lowest BCUT2D eigenvalue weighted by Crippen LogP contribution is -2.18. The van der Waals surface area contributed by atoms with E-state index in [2.05, 4.69) is 22.2 Å². The van der Waals surface area contributed by atoms with Crippen molar-refractivity contribution >= 4 is 5.84 Å². The fourth-order valence-corrected chi connectivity index (χ4v) is 3.29. The number of oxime groups is 1. The number of nitrogens with zero attached hydrogens (tertiary/aromatic N) is 3. The van der Waals surface area contributed by atoms with E-state index in [1.807, 2.05) is 13.8 Å². The van der Waals surface area contributed by atoms with Gasteiger partial charge in [-0.3, -0.25) is 0 Å². The Kier molecular flexibility index (Phi) is 4.65. The summed E-state index contributed by atoms with van der Waals surface area (Å²) in [5, 5.41) is 26.3. The molecule has 0 fully saturated rings. The van der Waals surface area contributed by atoms with E-state index in [0.717, 1.165) is 16.7 Å². The molecule has 0 unspecified atom stereocenters. The third-order valence-electron chi connectivity index (χ3n) is 4.43. The first-order chi connectivity index (χ1) is 12.9. The van der Waals surface area contributed by atoms with Crippen molar-refractivity contribution in [1.82, 2.24) is 9.72 Å². The van der Waals surface area contributed by atoms with Gasteiger partial charge >= 0.3 is 0 Å². The van der Waals surface area contributed by atoms with E-state index in [9.17, 15) is 10.3 Å². The number of hydrogen-bond acceptors (Lipinski definition) is 5. The number of aryl methyl sites for hydroxylation is 2. The second kappa shape index (κ2) is 6.92.